The number of nitrogens with one attached hydrogen (secondary N) is 1. The maximum absolute atomic E-state index is 10.4. The van der Waals surface area contributed by atoms with Crippen LogP contribution in [0.25, 0.3) is 0 Å². The molecular weight excluding hydrogens is 286 g/mol. The van der Waals surface area contributed by atoms with Crippen molar-refractivity contribution in [1.82, 2.24) is 5.32 Å². The maximum Gasteiger partial charge on any atom is 0.126 e. The average molecular weight is 311 g/mol. The van der Waals surface area contributed by atoms with Crippen LogP contribution in [-0.4, -0.2) is 23.9 Å². The number of hydrogen-bond acceptors (Lipinski definition) is 3. The molecule has 0 aromatic heterocycles. The third kappa shape index (κ3) is 4.12. The van der Waals surface area contributed by atoms with Gasteiger partial charge in [0.25, 0.3) is 0 Å². The third-order valence-corrected chi connectivity index (χ3v) is 4.46. The molecule has 23 heavy (non-hydrogen) atoms. The molecule has 0 amide bonds. The van der Waals surface area contributed by atoms with Crippen molar-refractivity contribution >= 4 is 0 Å². The Bertz CT molecular complexity index is 627. The number of aryl methyl sites for hydroxylation is 2. The van der Waals surface area contributed by atoms with E-state index in [-0.39, 0.29) is 6.10 Å². The monoisotopic (exact) mass is 311 g/mol. The highest BCUT2D eigenvalue weighted by Gasteiger charge is 2.26. The van der Waals surface area contributed by atoms with Crippen molar-refractivity contribution in [2.75, 3.05) is 6.54 Å². The van der Waals surface area contributed by atoms with Crippen molar-refractivity contribution in [3.63, 3.8) is 0 Å². The van der Waals surface area contributed by atoms with Crippen LogP contribution in [0.5, 0.6) is 5.75 Å². The van der Waals surface area contributed by atoms with Crippen LogP contribution in [0, 0.1) is 0 Å². The van der Waals surface area contributed by atoms with Gasteiger partial charge in [-0.05, 0) is 42.0 Å². The van der Waals surface area contributed by atoms with Crippen LogP contribution in [-0.2, 0) is 19.4 Å². The zero-order valence-corrected chi connectivity index (χ0v) is 13.7. The predicted molar refractivity (Wildman–Crippen MR) is 92.7 cm³/mol. The highest BCUT2D eigenvalue weighted by Crippen LogP contribution is 2.29. The summed E-state index contributed by atoms with van der Waals surface area (Å²) in [5, 5.41) is 13.7. The molecule has 2 aromatic carbocycles. The number of ether oxygens (including phenoxy) is 1. The molecule has 0 saturated heterocycles. The van der Waals surface area contributed by atoms with E-state index in [4.69, 9.17) is 4.74 Å². The van der Waals surface area contributed by atoms with Crippen LogP contribution < -0.4 is 10.1 Å². The Hall–Kier alpha value is -1.84. The van der Waals surface area contributed by atoms with Gasteiger partial charge in [0.05, 0.1) is 0 Å². The lowest BCUT2D eigenvalue weighted by Crippen LogP contribution is -2.41. The van der Waals surface area contributed by atoms with E-state index in [1.165, 1.54) is 16.7 Å². The maximum atomic E-state index is 10.4. The van der Waals surface area contributed by atoms with Crippen molar-refractivity contribution in [2.24, 2.45) is 0 Å². The molecule has 2 atom stereocenters. The van der Waals surface area contributed by atoms with Crippen molar-refractivity contribution < 1.29 is 9.84 Å². The number of benzene rings is 2. The molecular formula is C20H25NO2. The van der Waals surface area contributed by atoms with Gasteiger partial charge in [0.2, 0.25) is 0 Å². The van der Waals surface area contributed by atoms with E-state index in [0.29, 0.717) is 6.54 Å². The third-order valence-electron chi connectivity index (χ3n) is 4.46. The fourth-order valence-electron chi connectivity index (χ4n) is 3.05. The Morgan fingerprint density at radius 2 is 2.00 bits per heavy atom. The van der Waals surface area contributed by atoms with Crippen LogP contribution in [0.15, 0.2) is 48.5 Å². The quantitative estimate of drug-likeness (QED) is 0.861. The number of aliphatic hydroxyl groups excluding tert-OH is 1. The Labute approximate surface area is 138 Å². The van der Waals surface area contributed by atoms with Crippen molar-refractivity contribution in [2.45, 2.75) is 44.9 Å². The topological polar surface area (TPSA) is 41.5 Å². The van der Waals surface area contributed by atoms with Gasteiger partial charge in [-0.25, -0.2) is 0 Å². The number of aliphatic hydroxyl groups is 1. The zero-order chi connectivity index (χ0) is 16.1. The summed E-state index contributed by atoms with van der Waals surface area (Å²) < 4.78 is 6.01. The van der Waals surface area contributed by atoms with Gasteiger partial charge >= 0.3 is 0 Å². The van der Waals surface area contributed by atoms with Gasteiger partial charge in [-0.1, -0.05) is 49.4 Å². The fourth-order valence-corrected chi connectivity index (χ4v) is 3.05. The molecule has 1 heterocycles. The van der Waals surface area contributed by atoms with Crippen LogP contribution in [0.2, 0.25) is 0 Å². The lowest BCUT2D eigenvalue weighted by atomic mass is 9.97. The summed E-state index contributed by atoms with van der Waals surface area (Å²) in [4.78, 5) is 0. The summed E-state index contributed by atoms with van der Waals surface area (Å²) in [6, 6.07) is 16.6. The Kier molecular flexibility index (Phi) is 5.31. The van der Waals surface area contributed by atoms with Crippen molar-refractivity contribution in [3.05, 3.63) is 65.2 Å². The molecule has 0 fully saturated rings. The fraction of sp³-hybridized carbons (Fsp3) is 0.400. The minimum Gasteiger partial charge on any atom is -0.487 e. The van der Waals surface area contributed by atoms with Gasteiger partial charge in [0.15, 0.2) is 0 Å². The summed E-state index contributed by atoms with van der Waals surface area (Å²) in [5.41, 5.74) is 3.84. The number of rotatable bonds is 6. The van der Waals surface area contributed by atoms with Gasteiger partial charge in [0, 0.05) is 13.1 Å². The molecule has 1 aliphatic heterocycles. The minimum atomic E-state index is -0.488. The van der Waals surface area contributed by atoms with Gasteiger partial charge in [-0.15, -0.1) is 0 Å². The summed E-state index contributed by atoms with van der Waals surface area (Å²) in [7, 11) is 0. The SMILES string of the molecule is CCc1ccc2c(c1)CCC([C@@H](O)CNCc1ccccc1)O2. The molecule has 0 aliphatic carbocycles. The molecule has 3 nitrogen and oxygen atoms in total. The standard InChI is InChI=1S/C20H25NO2/c1-2-15-8-10-19-17(12-15)9-11-20(23-19)18(22)14-21-13-16-6-4-3-5-7-16/h3-8,10,12,18,20-22H,2,9,11,13-14H2,1H3/t18-,20?/m0/s1. The van der Waals surface area contributed by atoms with Gasteiger partial charge < -0.3 is 15.2 Å². The Morgan fingerprint density at radius 3 is 2.78 bits per heavy atom. The van der Waals surface area contributed by atoms with Crippen LogP contribution in [0.4, 0.5) is 0 Å². The summed E-state index contributed by atoms with van der Waals surface area (Å²) in [5.74, 6) is 0.931. The van der Waals surface area contributed by atoms with E-state index in [9.17, 15) is 5.11 Å². The molecule has 0 radical (unpaired) electrons. The van der Waals surface area contributed by atoms with E-state index in [1.54, 1.807) is 0 Å². The van der Waals surface area contributed by atoms with E-state index in [2.05, 4.69) is 36.5 Å². The van der Waals surface area contributed by atoms with Crippen LogP contribution in [0.3, 0.4) is 0 Å². The first-order valence-corrected chi connectivity index (χ1v) is 8.47. The molecule has 3 heteroatoms. The van der Waals surface area contributed by atoms with Crippen molar-refractivity contribution in [1.29, 1.82) is 0 Å². The molecule has 122 valence electrons. The molecule has 2 N–H and O–H groups in total. The van der Waals surface area contributed by atoms with E-state index in [1.807, 2.05) is 24.3 Å². The first-order chi connectivity index (χ1) is 11.3. The molecule has 2 aromatic rings. The minimum absolute atomic E-state index is 0.127. The van der Waals surface area contributed by atoms with E-state index in [0.717, 1.165) is 31.6 Å². The Morgan fingerprint density at radius 1 is 1.17 bits per heavy atom. The second kappa shape index (κ2) is 7.62. The van der Waals surface area contributed by atoms with Gasteiger partial charge in [-0.2, -0.15) is 0 Å². The van der Waals surface area contributed by atoms with Crippen molar-refractivity contribution in [3.8, 4) is 5.75 Å². The highest BCUT2D eigenvalue weighted by molar-refractivity contribution is 5.39. The first kappa shape index (κ1) is 16.0. The number of fused-ring (bicyclic) bond motifs is 1. The normalized spacial score (nSPS) is 18.1. The smallest absolute Gasteiger partial charge is 0.126 e. The lowest BCUT2D eigenvalue weighted by Gasteiger charge is -2.30. The highest BCUT2D eigenvalue weighted by atomic mass is 16.5. The Balaban J connectivity index is 1.51. The second-order valence-corrected chi connectivity index (χ2v) is 6.17. The second-order valence-electron chi connectivity index (χ2n) is 6.17. The summed E-state index contributed by atoms with van der Waals surface area (Å²) >= 11 is 0. The average Bonchev–Trinajstić information content (AvgIpc) is 2.61. The molecule has 3 rings (SSSR count). The van der Waals surface area contributed by atoms with E-state index < -0.39 is 6.10 Å². The largest absolute Gasteiger partial charge is 0.487 e. The predicted octanol–water partition coefficient (Wildman–Crippen LogP) is 3.09. The van der Waals surface area contributed by atoms with Crippen LogP contribution >= 0.6 is 0 Å². The number of hydrogen-bond donors (Lipinski definition) is 2. The molecule has 1 unspecified atom stereocenters. The molecule has 1 aliphatic rings. The van der Waals surface area contributed by atoms with E-state index >= 15 is 0 Å². The van der Waals surface area contributed by atoms with Gasteiger partial charge in [-0.3, -0.25) is 0 Å². The lowest BCUT2D eigenvalue weighted by molar-refractivity contribution is 0.0243. The first-order valence-electron chi connectivity index (χ1n) is 8.47. The molecule has 0 spiro atoms. The summed E-state index contributed by atoms with van der Waals surface area (Å²) in [6.07, 6.45) is 2.27. The zero-order valence-electron chi connectivity index (χ0n) is 13.7. The molecule has 0 bridgehead atoms. The van der Waals surface area contributed by atoms with Gasteiger partial charge in [0.1, 0.15) is 18.0 Å². The molecule has 0 saturated carbocycles. The summed E-state index contributed by atoms with van der Waals surface area (Å²) in [6.45, 7) is 3.47. The van der Waals surface area contributed by atoms with Crippen LogP contribution in [0.1, 0.15) is 30.0 Å².